The minimum Gasteiger partial charge on any atom is -0.355 e. The third-order valence-corrected chi connectivity index (χ3v) is 6.60. The van der Waals surface area contributed by atoms with E-state index >= 15 is 0 Å². The maximum atomic E-state index is 13.3. The zero-order valence-electron chi connectivity index (χ0n) is 20.0. The number of hydrogen-bond acceptors (Lipinski definition) is 4. The Morgan fingerprint density at radius 1 is 1.00 bits per heavy atom. The van der Waals surface area contributed by atoms with Gasteiger partial charge >= 0.3 is 0 Å². The van der Waals surface area contributed by atoms with Crippen LogP contribution in [0.3, 0.4) is 0 Å². The summed E-state index contributed by atoms with van der Waals surface area (Å²) in [4.78, 5) is 27.6. The highest BCUT2D eigenvalue weighted by molar-refractivity contribution is 7.92. The number of aryl methyl sites for hydroxylation is 1. The van der Waals surface area contributed by atoms with Crippen molar-refractivity contribution in [1.82, 2.24) is 10.2 Å². The first kappa shape index (κ1) is 26.4. The highest BCUT2D eigenvalue weighted by Gasteiger charge is 2.28. The van der Waals surface area contributed by atoms with E-state index in [1.165, 1.54) is 4.31 Å². The summed E-state index contributed by atoms with van der Waals surface area (Å²) in [6, 6.07) is 16.1. The van der Waals surface area contributed by atoms with Gasteiger partial charge in [-0.2, -0.15) is 0 Å². The molecule has 0 aromatic heterocycles. The Bertz CT molecular complexity index is 1010. The highest BCUT2D eigenvalue weighted by atomic mass is 32.2. The Kier molecular flexibility index (Phi) is 9.91. The molecule has 0 bridgehead atoms. The van der Waals surface area contributed by atoms with Crippen LogP contribution in [0, 0.1) is 6.92 Å². The molecule has 0 saturated carbocycles. The lowest BCUT2D eigenvalue weighted by Crippen LogP contribution is -2.49. The Labute approximate surface area is 197 Å². The lowest BCUT2D eigenvalue weighted by molar-refractivity contribution is -0.141. The summed E-state index contributed by atoms with van der Waals surface area (Å²) < 4.78 is 25.9. The average Bonchev–Trinajstić information content (AvgIpc) is 2.77. The minimum atomic E-state index is -3.49. The number of para-hydroxylation sites is 1. The molecule has 33 heavy (non-hydrogen) atoms. The van der Waals surface area contributed by atoms with Crippen molar-refractivity contribution < 1.29 is 18.0 Å². The van der Waals surface area contributed by atoms with Crippen LogP contribution in [0.15, 0.2) is 54.6 Å². The molecule has 2 rings (SSSR count). The van der Waals surface area contributed by atoms with Gasteiger partial charge in [0.05, 0.1) is 11.9 Å². The fraction of sp³-hybridized carbons (Fsp3) is 0.440. The molecule has 1 unspecified atom stereocenters. The van der Waals surface area contributed by atoms with Gasteiger partial charge < -0.3 is 10.2 Å². The molecule has 0 aliphatic carbocycles. The van der Waals surface area contributed by atoms with E-state index in [-0.39, 0.29) is 24.8 Å². The topological polar surface area (TPSA) is 86.8 Å². The average molecular weight is 474 g/mol. The summed E-state index contributed by atoms with van der Waals surface area (Å²) in [5.41, 5.74) is 2.63. The molecule has 0 heterocycles. The summed E-state index contributed by atoms with van der Waals surface area (Å²) in [7, 11) is -3.49. The molecule has 0 radical (unpaired) electrons. The van der Waals surface area contributed by atoms with Crippen molar-refractivity contribution in [3.63, 3.8) is 0 Å². The minimum absolute atomic E-state index is 0.140. The van der Waals surface area contributed by atoms with Gasteiger partial charge in [-0.3, -0.25) is 13.9 Å². The second kappa shape index (κ2) is 12.4. The number of rotatable bonds is 12. The summed E-state index contributed by atoms with van der Waals surface area (Å²) in [5.74, 6) is -0.349. The van der Waals surface area contributed by atoms with Crippen molar-refractivity contribution in [3.8, 4) is 0 Å². The molecule has 8 heteroatoms. The first-order valence-corrected chi connectivity index (χ1v) is 13.2. The number of nitrogens with zero attached hydrogens (tertiary/aromatic N) is 2. The van der Waals surface area contributed by atoms with Crippen molar-refractivity contribution in [2.75, 3.05) is 23.7 Å². The van der Waals surface area contributed by atoms with E-state index in [2.05, 4.69) is 5.32 Å². The maximum Gasteiger partial charge on any atom is 0.242 e. The van der Waals surface area contributed by atoms with Gasteiger partial charge in [0.25, 0.3) is 0 Å². The van der Waals surface area contributed by atoms with Crippen LogP contribution in [0.2, 0.25) is 0 Å². The molecule has 0 spiro atoms. The Hall–Kier alpha value is -2.87. The van der Waals surface area contributed by atoms with E-state index in [4.69, 9.17) is 0 Å². The summed E-state index contributed by atoms with van der Waals surface area (Å²) in [6.07, 6.45) is 2.13. The quantitative estimate of drug-likeness (QED) is 0.511. The molecule has 7 nitrogen and oxygen atoms in total. The monoisotopic (exact) mass is 473 g/mol. The molecule has 1 atom stereocenters. The lowest BCUT2D eigenvalue weighted by atomic mass is 10.1. The van der Waals surface area contributed by atoms with Crippen LogP contribution < -0.4 is 9.62 Å². The molecule has 0 saturated heterocycles. The molecule has 0 fully saturated rings. The van der Waals surface area contributed by atoms with Crippen molar-refractivity contribution in [2.24, 2.45) is 0 Å². The fourth-order valence-electron chi connectivity index (χ4n) is 3.70. The fourth-order valence-corrected chi connectivity index (χ4v) is 4.67. The zero-order chi connectivity index (χ0) is 24.4. The molecule has 2 amide bonds. The third kappa shape index (κ3) is 7.89. The van der Waals surface area contributed by atoms with Gasteiger partial charge in [0.2, 0.25) is 21.8 Å². The van der Waals surface area contributed by atoms with Crippen molar-refractivity contribution in [3.05, 3.63) is 65.7 Å². The molecule has 1 N–H and O–H groups in total. The second-order valence-electron chi connectivity index (χ2n) is 8.10. The van der Waals surface area contributed by atoms with Gasteiger partial charge in [0.1, 0.15) is 6.04 Å². The first-order valence-electron chi connectivity index (χ1n) is 11.3. The normalized spacial score (nSPS) is 12.1. The smallest absolute Gasteiger partial charge is 0.242 e. The van der Waals surface area contributed by atoms with E-state index in [1.807, 2.05) is 51.1 Å². The van der Waals surface area contributed by atoms with E-state index < -0.39 is 16.1 Å². The van der Waals surface area contributed by atoms with Crippen LogP contribution in [0.5, 0.6) is 0 Å². The van der Waals surface area contributed by atoms with Crippen LogP contribution in [-0.4, -0.2) is 50.5 Å². The first-order chi connectivity index (χ1) is 15.7. The second-order valence-corrected chi connectivity index (χ2v) is 10.0. The number of hydrogen-bond donors (Lipinski definition) is 1. The maximum absolute atomic E-state index is 13.3. The van der Waals surface area contributed by atoms with Gasteiger partial charge in [-0.25, -0.2) is 8.42 Å². The number of benzene rings is 2. The van der Waals surface area contributed by atoms with Crippen LogP contribution in [0.4, 0.5) is 5.69 Å². The molecule has 180 valence electrons. The van der Waals surface area contributed by atoms with Gasteiger partial charge in [-0.05, 0) is 44.4 Å². The van der Waals surface area contributed by atoms with Crippen LogP contribution in [0.25, 0.3) is 0 Å². The van der Waals surface area contributed by atoms with Crippen molar-refractivity contribution >= 4 is 27.5 Å². The number of anilines is 1. The van der Waals surface area contributed by atoms with Crippen LogP contribution in [0.1, 0.15) is 44.2 Å². The number of sulfonamides is 1. The van der Waals surface area contributed by atoms with Gasteiger partial charge in [-0.1, -0.05) is 55.0 Å². The number of carbonyl (C=O) groups is 2. The predicted molar refractivity (Wildman–Crippen MR) is 132 cm³/mol. The lowest BCUT2D eigenvalue weighted by Gasteiger charge is -2.31. The van der Waals surface area contributed by atoms with E-state index in [0.717, 1.165) is 17.4 Å². The summed E-state index contributed by atoms with van der Waals surface area (Å²) in [6.45, 7) is 6.73. The third-order valence-electron chi connectivity index (χ3n) is 5.41. The standard InChI is InChI=1S/C25H35N3O4S/c1-5-23(25(30)26-6-2)27(19-21-16-14-20(3)15-17-21)24(29)13-10-18-28(33(4,31)32)22-11-8-7-9-12-22/h7-9,11-12,14-17,23H,5-6,10,13,18-19H2,1-4H3,(H,26,30). The molecule has 0 aliphatic rings. The van der Waals surface area contributed by atoms with Crippen LogP contribution in [-0.2, 0) is 26.2 Å². The summed E-state index contributed by atoms with van der Waals surface area (Å²) >= 11 is 0. The summed E-state index contributed by atoms with van der Waals surface area (Å²) in [5, 5.41) is 2.82. The molecule has 0 aliphatic heterocycles. The number of amides is 2. The molecular weight excluding hydrogens is 438 g/mol. The molecule has 2 aromatic carbocycles. The largest absolute Gasteiger partial charge is 0.355 e. The van der Waals surface area contributed by atoms with Gasteiger partial charge in [0, 0.05) is 26.1 Å². The van der Waals surface area contributed by atoms with Crippen molar-refractivity contribution in [2.45, 2.75) is 52.6 Å². The van der Waals surface area contributed by atoms with Crippen molar-refractivity contribution in [1.29, 1.82) is 0 Å². The predicted octanol–water partition coefficient (Wildman–Crippen LogP) is 3.48. The zero-order valence-corrected chi connectivity index (χ0v) is 20.8. The van der Waals surface area contributed by atoms with E-state index in [9.17, 15) is 18.0 Å². The number of carbonyl (C=O) groups excluding carboxylic acids is 2. The Morgan fingerprint density at radius 2 is 1.64 bits per heavy atom. The molecular formula is C25H35N3O4S. The number of nitrogens with one attached hydrogen (secondary N) is 1. The number of likely N-dealkylation sites (N-methyl/N-ethyl adjacent to an activating group) is 1. The Morgan fingerprint density at radius 3 is 2.18 bits per heavy atom. The van der Waals surface area contributed by atoms with Gasteiger partial charge in [-0.15, -0.1) is 0 Å². The SMILES string of the molecule is CCNC(=O)C(CC)N(Cc1ccc(C)cc1)C(=O)CCCN(c1ccccc1)S(C)(=O)=O. The molecule has 2 aromatic rings. The highest BCUT2D eigenvalue weighted by Crippen LogP contribution is 2.19. The van der Waals surface area contributed by atoms with Gasteiger partial charge in [0.15, 0.2) is 0 Å². The van der Waals surface area contributed by atoms with Crippen LogP contribution >= 0.6 is 0 Å². The Balaban J connectivity index is 2.17. The van der Waals surface area contributed by atoms with E-state index in [1.54, 1.807) is 29.2 Å². The van der Waals surface area contributed by atoms with E-state index in [0.29, 0.717) is 31.6 Å².